The van der Waals surface area contributed by atoms with Gasteiger partial charge < -0.3 is 0 Å². The molecule has 7 aromatic rings. The number of benzene rings is 7. The predicted octanol–water partition coefficient (Wildman–Crippen LogP) is 12.8. The van der Waals surface area contributed by atoms with Gasteiger partial charge in [0.2, 0.25) is 0 Å². The van der Waals surface area contributed by atoms with Gasteiger partial charge in [-0.15, -0.1) is 0 Å². The van der Waals surface area contributed by atoms with Crippen LogP contribution in [0.4, 0.5) is 0 Å². The standard InChI is InChI=1S/C47H42/c1-5-6-7-8-10-15-37-20-21-38-24-25-44-45(36-13-11-9-12-14-36)31-41(43-27-26-42(37)46(38)47(43)44)29-33(3)28-39-22-23-40(30-34(39)4)35-18-16-32(2)17-19-35/h5-14,16-27,30-31,33H,1,15,28-29H2,2-4H3/b7-6-,10-8-. The van der Waals surface area contributed by atoms with E-state index in [-0.39, 0.29) is 0 Å². The lowest BCUT2D eigenvalue weighted by molar-refractivity contribution is 0.578. The van der Waals surface area contributed by atoms with E-state index < -0.39 is 0 Å². The van der Waals surface area contributed by atoms with E-state index >= 15 is 0 Å². The van der Waals surface area contributed by atoms with Crippen LogP contribution in [0.2, 0.25) is 0 Å². The molecule has 0 spiro atoms. The van der Waals surface area contributed by atoms with E-state index in [0.29, 0.717) is 5.92 Å². The average Bonchev–Trinajstić information content (AvgIpc) is 3.09. The van der Waals surface area contributed by atoms with Crippen molar-refractivity contribution in [3.8, 4) is 22.3 Å². The number of rotatable bonds is 10. The third kappa shape index (κ3) is 6.17. The lowest BCUT2D eigenvalue weighted by Gasteiger charge is -2.21. The van der Waals surface area contributed by atoms with Gasteiger partial charge in [-0.1, -0.05) is 159 Å². The maximum atomic E-state index is 3.78. The lowest BCUT2D eigenvalue weighted by Crippen LogP contribution is -2.06. The monoisotopic (exact) mass is 606 g/mol. The van der Waals surface area contributed by atoms with Crippen molar-refractivity contribution in [1.82, 2.24) is 0 Å². The second kappa shape index (κ2) is 13.3. The first kappa shape index (κ1) is 30.5. The van der Waals surface area contributed by atoms with Crippen LogP contribution in [0.3, 0.4) is 0 Å². The van der Waals surface area contributed by atoms with Crippen LogP contribution in [0.25, 0.3) is 54.6 Å². The van der Waals surface area contributed by atoms with Gasteiger partial charge in [-0.2, -0.15) is 0 Å². The average molecular weight is 607 g/mol. The van der Waals surface area contributed by atoms with E-state index in [0.717, 1.165) is 19.3 Å². The van der Waals surface area contributed by atoms with Crippen molar-refractivity contribution in [3.63, 3.8) is 0 Å². The van der Waals surface area contributed by atoms with E-state index in [2.05, 4.69) is 155 Å². The van der Waals surface area contributed by atoms with Crippen LogP contribution in [0.1, 0.15) is 34.7 Å². The van der Waals surface area contributed by atoms with Crippen molar-refractivity contribution in [2.75, 3.05) is 0 Å². The molecule has 0 heterocycles. The van der Waals surface area contributed by atoms with Gasteiger partial charge in [-0.3, -0.25) is 0 Å². The first-order valence-electron chi connectivity index (χ1n) is 16.9. The van der Waals surface area contributed by atoms with Gasteiger partial charge in [-0.05, 0) is 122 Å². The second-order valence-corrected chi connectivity index (χ2v) is 13.2. The van der Waals surface area contributed by atoms with Crippen LogP contribution in [0.5, 0.6) is 0 Å². The van der Waals surface area contributed by atoms with Crippen molar-refractivity contribution < 1.29 is 0 Å². The Labute approximate surface area is 279 Å². The van der Waals surface area contributed by atoms with Crippen molar-refractivity contribution in [1.29, 1.82) is 0 Å². The summed E-state index contributed by atoms with van der Waals surface area (Å²) >= 11 is 0. The highest BCUT2D eigenvalue weighted by Gasteiger charge is 2.18. The van der Waals surface area contributed by atoms with Crippen LogP contribution >= 0.6 is 0 Å². The van der Waals surface area contributed by atoms with Crippen LogP contribution in [-0.4, -0.2) is 0 Å². The molecule has 0 saturated carbocycles. The third-order valence-electron chi connectivity index (χ3n) is 9.74. The van der Waals surface area contributed by atoms with E-state index in [1.807, 2.05) is 18.2 Å². The predicted molar refractivity (Wildman–Crippen MR) is 206 cm³/mol. The Hall–Kier alpha value is -5.20. The fourth-order valence-corrected chi connectivity index (χ4v) is 7.32. The van der Waals surface area contributed by atoms with E-state index in [9.17, 15) is 0 Å². The van der Waals surface area contributed by atoms with E-state index in [1.54, 1.807) is 0 Å². The van der Waals surface area contributed by atoms with Gasteiger partial charge in [0.25, 0.3) is 0 Å². The summed E-state index contributed by atoms with van der Waals surface area (Å²) in [7, 11) is 0. The Bertz CT molecular complexity index is 2240. The molecule has 0 N–H and O–H groups in total. The van der Waals surface area contributed by atoms with Crippen molar-refractivity contribution >= 4 is 32.3 Å². The number of allylic oxidation sites excluding steroid dienone is 5. The molecule has 7 aromatic carbocycles. The molecular formula is C47H42. The summed E-state index contributed by atoms with van der Waals surface area (Å²) in [5, 5.41) is 8.18. The minimum Gasteiger partial charge on any atom is -0.0991 e. The summed E-state index contributed by atoms with van der Waals surface area (Å²) in [5.41, 5.74) is 12.1. The molecule has 0 fully saturated rings. The Morgan fingerprint density at radius 2 is 1.26 bits per heavy atom. The second-order valence-electron chi connectivity index (χ2n) is 13.2. The van der Waals surface area contributed by atoms with Crippen LogP contribution in [0.15, 0.2) is 152 Å². The summed E-state index contributed by atoms with van der Waals surface area (Å²) < 4.78 is 0. The quantitative estimate of drug-likeness (QED) is 0.107. The molecule has 47 heavy (non-hydrogen) atoms. The molecule has 0 aromatic heterocycles. The Kier molecular flexibility index (Phi) is 8.60. The Morgan fingerprint density at radius 3 is 2.02 bits per heavy atom. The zero-order chi connectivity index (χ0) is 32.3. The summed E-state index contributed by atoms with van der Waals surface area (Å²) in [6, 6.07) is 43.3. The zero-order valence-electron chi connectivity index (χ0n) is 27.8. The van der Waals surface area contributed by atoms with Crippen LogP contribution in [-0.2, 0) is 19.3 Å². The van der Waals surface area contributed by atoms with Crippen molar-refractivity contribution in [3.05, 3.63) is 180 Å². The molecule has 230 valence electrons. The highest BCUT2D eigenvalue weighted by atomic mass is 14.2. The number of hydrogen-bond donors (Lipinski definition) is 0. The molecule has 0 saturated heterocycles. The van der Waals surface area contributed by atoms with Crippen LogP contribution in [0, 0.1) is 19.8 Å². The Morgan fingerprint density at radius 1 is 0.574 bits per heavy atom. The lowest BCUT2D eigenvalue weighted by atomic mass is 9.83. The van der Waals surface area contributed by atoms with E-state index in [1.165, 1.54) is 82.4 Å². The number of aryl methyl sites for hydroxylation is 2. The molecule has 0 aliphatic heterocycles. The molecule has 1 unspecified atom stereocenters. The van der Waals surface area contributed by atoms with Gasteiger partial charge in [-0.25, -0.2) is 0 Å². The SMILES string of the molecule is C=C/C=C\C=C/Cc1ccc2ccc3c(-c4ccccc4)cc(CC(C)Cc4ccc(-c5ccc(C)cc5)cc4C)c4ccc1c2c43. The third-order valence-corrected chi connectivity index (χ3v) is 9.74. The maximum absolute atomic E-state index is 3.78. The molecule has 0 aliphatic rings. The molecule has 1 atom stereocenters. The summed E-state index contributed by atoms with van der Waals surface area (Å²) in [6.45, 7) is 10.6. The van der Waals surface area contributed by atoms with Gasteiger partial charge in [0.05, 0.1) is 0 Å². The maximum Gasteiger partial charge on any atom is -0.00177 e. The van der Waals surface area contributed by atoms with Crippen LogP contribution < -0.4 is 0 Å². The summed E-state index contributed by atoms with van der Waals surface area (Å²) in [5.74, 6) is 0.491. The van der Waals surface area contributed by atoms with Crippen molar-refractivity contribution in [2.45, 2.75) is 40.0 Å². The first-order chi connectivity index (χ1) is 23.0. The molecule has 7 rings (SSSR count). The minimum absolute atomic E-state index is 0.491. The largest absolute Gasteiger partial charge is 0.0991 e. The topological polar surface area (TPSA) is 0 Å². The van der Waals surface area contributed by atoms with E-state index in [4.69, 9.17) is 0 Å². The molecular weight excluding hydrogens is 565 g/mol. The molecule has 0 aliphatic carbocycles. The first-order valence-corrected chi connectivity index (χ1v) is 16.9. The summed E-state index contributed by atoms with van der Waals surface area (Å²) in [4.78, 5) is 0. The fraction of sp³-hybridized carbons (Fsp3) is 0.149. The van der Waals surface area contributed by atoms with Gasteiger partial charge >= 0.3 is 0 Å². The van der Waals surface area contributed by atoms with Gasteiger partial charge in [0.15, 0.2) is 0 Å². The Balaban J connectivity index is 1.29. The van der Waals surface area contributed by atoms with Gasteiger partial charge in [0, 0.05) is 0 Å². The normalized spacial score (nSPS) is 12.7. The molecule has 0 amide bonds. The minimum atomic E-state index is 0.491. The fourth-order valence-electron chi connectivity index (χ4n) is 7.32. The molecule has 0 heteroatoms. The highest BCUT2D eigenvalue weighted by Crippen LogP contribution is 2.42. The molecule has 0 bridgehead atoms. The molecule has 0 nitrogen and oxygen atoms in total. The smallest absolute Gasteiger partial charge is 0.00177 e. The molecule has 0 radical (unpaired) electrons. The zero-order valence-corrected chi connectivity index (χ0v) is 27.8. The summed E-state index contributed by atoms with van der Waals surface area (Å²) in [6.07, 6.45) is 13.2. The number of hydrogen-bond acceptors (Lipinski definition) is 0. The highest BCUT2D eigenvalue weighted by molar-refractivity contribution is 6.26. The van der Waals surface area contributed by atoms with Gasteiger partial charge in [0.1, 0.15) is 0 Å². The van der Waals surface area contributed by atoms with Crippen molar-refractivity contribution in [2.24, 2.45) is 5.92 Å².